The molecular weight excluding hydrogens is 512 g/mol. The molecule has 0 unspecified atom stereocenters. The SMILES string of the molecule is COc1ccc(C)cc1N(CC(=O)N/N=C\c1cc(C)n(-c2ccc(C)cc2)c1C)S(=O)(=O)c1ccccc1. The van der Waals surface area contributed by atoms with Gasteiger partial charge in [0.05, 0.1) is 23.9 Å². The molecule has 0 aliphatic rings. The molecule has 0 atom stereocenters. The number of hydrazone groups is 1. The number of hydrogen-bond acceptors (Lipinski definition) is 5. The lowest BCUT2D eigenvalue weighted by Crippen LogP contribution is -2.39. The number of nitrogens with one attached hydrogen (secondary N) is 1. The van der Waals surface area contributed by atoms with Gasteiger partial charge < -0.3 is 9.30 Å². The van der Waals surface area contributed by atoms with Gasteiger partial charge in [0.2, 0.25) is 0 Å². The molecule has 0 fully saturated rings. The molecule has 202 valence electrons. The Hall–Kier alpha value is -4.37. The largest absolute Gasteiger partial charge is 0.495 e. The van der Waals surface area contributed by atoms with E-state index < -0.39 is 22.5 Å². The zero-order valence-electron chi connectivity index (χ0n) is 22.7. The van der Waals surface area contributed by atoms with Crippen molar-refractivity contribution in [3.63, 3.8) is 0 Å². The second-order valence-electron chi connectivity index (χ2n) is 9.29. The van der Waals surface area contributed by atoms with Gasteiger partial charge in [-0.2, -0.15) is 5.10 Å². The molecule has 1 amide bonds. The van der Waals surface area contributed by atoms with E-state index in [0.29, 0.717) is 5.75 Å². The maximum absolute atomic E-state index is 13.6. The third kappa shape index (κ3) is 6.04. The Bertz CT molecular complexity index is 1610. The van der Waals surface area contributed by atoms with Crippen molar-refractivity contribution in [3.05, 3.63) is 107 Å². The summed E-state index contributed by atoms with van der Waals surface area (Å²) in [5.41, 5.74) is 8.61. The number of ether oxygens (including phenoxy) is 1. The topological polar surface area (TPSA) is 93.0 Å². The third-order valence-electron chi connectivity index (χ3n) is 6.38. The van der Waals surface area contributed by atoms with Gasteiger partial charge in [-0.05, 0) is 75.7 Å². The van der Waals surface area contributed by atoms with E-state index in [0.717, 1.165) is 32.5 Å². The molecule has 1 aromatic heterocycles. The molecule has 0 bridgehead atoms. The molecule has 1 N–H and O–H groups in total. The van der Waals surface area contributed by atoms with Gasteiger partial charge in [0.1, 0.15) is 12.3 Å². The summed E-state index contributed by atoms with van der Waals surface area (Å²) in [5.74, 6) is -0.262. The number of hydrogen-bond donors (Lipinski definition) is 1. The fraction of sp³-hybridized carbons (Fsp3) is 0.200. The van der Waals surface area contributed by atoms with Crippen molar-refractivity contribution in [2.24, 2.45) is 5.10 Å². The smallest absolute Gasteiger partial charge is 0.264 e. The molecule has 4 rings (SSSR count). The number of amides is 1. The molecule has 0 saturated carbocycles. The Kier molecular flexibility index (Phi) is 8.21. The number of benzene rings is 3. The lowest BCUT2D eigenvalue weighted by molar-refractivity contribution is -0.119. The van der Waals surface area contributed by atoms with E-state index in [1.54, 1.807) is 36.5 Å². The first-order valence-electron chi connectivity index (χ1n) is 12.4. The van der Waals surface area contributed by atoms with Crippen LogP contribution in [0.4, 0.5) is 5.69 Å². The zero-order chi connectivity index (χ0) is 28.2. The van der Waals surface area contributed by atoms with E-state index in [2.05, 4.69) is 39.4 Å². The molecule has 4 aromatic rings. The van der Waals surface area contributed by atoms with Crippen molar-refractivity contribution in [2.45, 2.75) is 32.6 Å². The number of anilines is 1. The molecule has 0 radical (unpaired) electrons. The van der Waals surface area contributed by atoms with Gasteiger partial charge in [-0.15, -0.1) is 0 Å². The van der Waals surface area contributed by atoms with E-state index in [-0.39, 0.29) is 10.6 Å². The fourth-order valence-electron chi connectivity index (χ4n) is 4.36. The molecule has 0 aliphatic carbocycles. The molecule has 0 saturated heterocycles. The molecule has 0 spiro atoms. The number of methoxy groups -OCH3 is 1. The van der Waals surface area contributed by atoms with Gasteiger partial charge >= 0.3 is 0 Å². The summed E-state index contributed by atoms with van der Waals surface area (Å²) in [5, 5.41) is 4.14. The Labute approximate surface area is 229 Å². The minimum atomic E-state index is -4.08. The Balaban J connectivity index is 1.59. The minimum Gasteiger partial charge on any atom is -0.495 e. The predicted molar refractivity (Wildman–Crippen MR) is 154 cm³/mol. The van der Waals surface area contributed by atoms with Gasteiger partial charge in [-0.25, -0.2) is 13.8 Å². The van der Waals surface area contributed by atoms with Crippen LogP contribution in [-0.4, -0.2) is 38.8 Å². The highest BCUT2D eigenvalue weighted by molar-refractivity contribution is 7.92. The van der Waals surface area contributed by atoms with Crippen LogP contribution < -0.4 is 14.5 Å². The first-order chi connectivity index (χ1) is 18.6. The summed E-state index contributed by atoms with van der Waals surface area (Å²) >= 11 is 0. The average Bonchev–Trinajstić information content (AvgIpc) is 3.20. The molecule has 8 nitrogen and oxygen atoms in total. The van der Waals surface area contributed by atoms with E-state index in [1.807, 2.05) is 39.8 Å². The van der Waals surface area contributed by atoms with Crippen molar-refractivity contribution >= 4 is 27.8 Å². The van der Waals surface area contributed by atoms with Crippen molar-refractivity contribution < 1.29 is 17.9 Å². The predicted octanol–water partition coefficient (Wildman–Crippen LogP) is 5.07. The van der Waals surface area contributed by atoms with Crippen molar-refractivity contribution in [2.75, 3.05) is 18.0 Å². The number of aromatic nitrogens is 1. The Morgan fingerprint density at radius 2 is 1.62 bits per heavy atom. The van der Waals surface area contributed by atoms with E-state index in [1.165, 1.54) is 24.8 Å². The fourth-order valence-corrected chi connectivity index (χ4v) is 5.81. The van der Waals surface area contributed by atoms with Crippen LogP contribution in [0.2, 0.25) is 0 Å². The summed E-state index contributed by atoms with van der Waals surface area (Å²) in [6.07, 6.45) is 1.56. The lowest BCUT2D eigenvalue weighted by Gasteiger charge is -2.25. The van der Waals surface area contributed by atoms with Crippen LogP contribution in [0.15, 0.2) is 88.9 Å². The number of aryl methyl sites for hydroxylation is 3. The molecule has 0 aliphatic heterocycles. The quantitative estimate of drug-likeness (QED) is 0.235. The van der Waals surface area contributed by atoms with Gasteiger partial charge in [-0.3, -0.25) is 9.10 Å². The van der Waals surface area contributed by atoms with Gasteiger partial charge in [-0.1, -0.05) is 42.0 Å². The average molecular weight is 545 g/mol. The number of carbonyl (C=O) groups is 1. The van der Waals surface area contributed by atoms with Crippen molar-refractivity contribution in [3.8, 4) is 11.4 Å². The first-order valence-corrected chi connectivity index (χ1v) is 13.9. The van der Waals surface area contributed by atoms with E-state index >= 15 is 0 Å². The minimum absolute atomic E-state index is 0.0633. The van der Waals surface area contributed by atoms with Crippen LogP contribution in [-0.2, 0) is 14.8 Å². The monoisotopic (exact) mass is 544 g/mol. The molecule has 1 heterocycles. The normalized spacial score (nSPS) is 11.5. The second kappa shape index (κ2) is 11.6. The van der Waals surface area contributed by atoms with Crippen LogP contribution in [0.25, 0.3) is 5.69 Å². The highest BCUT2D eigenvalue weighted by Crippen LogP contribution is 2.33. The Morgan fingerprint density at radius 3 is 2.28 bits per heavy atom. The number of carbonyl (C=O) groups excluding carboxylic acids is 1. The maximum atomic E-state index is 13.6. The van der Waals surface area contributed by atoms with Gasteiger partial charge in [0.15, 0.2) is 0 Å². The first kappa shape index (κ1) is 27.7. The molecular formula is C30H32N4O4S. The second-order valence-corrected chi connectivity index (χ2v) is 11.2. The molecule has 39 heavy (non-hydrogen) atoms. The highest BCUT2D eigenvalue weighted by Gasteiger charge is 2.29. The van der Waals surface area contributed by atoms with E-state index in [4.69, 9.17) is 4.74 Å². The summed E-state index contributed by atoms with van der Waals surface area (Å²) in [6, 6.07) is 23.4. The number of rotatable bonds is 9. The third-order valence-corrected chi connectivity index (χ3v) is 8.15. The highest BCUT2D eigenvalue weighted by atomic mass is 32.2. The standard InChI is InChI=1S/C30H32N4O4S/c1-21-11-14-26(15-12-21)34-23(3)18-25(24(34)4)19-31-32-30(35)20-33(28-17-22(2)13-16-29(28)38-5)39(36,37)27-9-7-6-8-10-27/h6-19H,20H2,1-5H3,(H,32,35)/b31-19-. The number of sulfonamides is 1. The molecule has 9 heteroatoms. The number of nitrogens with zero attached hydrogens (tertiary/aromatic N) is 3. The maximum Gasteiger partial charge on any atom is 0.264 e. The van der Waals surface area contributed by atoms with Crippen LogP contribution in [0.5, 0.6) is 5.75 Å². The van der Waals surface area contributed by atoms with Gasteiger partial charge in [0, 0.05) is 22.6 Å². The Morgan fingerprint density at radius 1 is 0.949 bits per heavy atom. The summed E-state index contributed by atoms with van der Waals surface area (Å²) in [6.45, 7) is 7.38. The van der Waals surface area contributed by atoms with Crippen LogP contribution in [0.3, 0.4) is 0 Å². The summed E-state index contributed by atoms with van der Waals surface area (Å²) < 4.78 is 35.9. The summed E-state index contributed by atoms with van der Waals surface area (Å²) in [7, 11) is -2.62. The van der Waals surface area contributed by atoms with Crippen LogP contribution in [0.1, 0.15) is 28.1 Å². The van der Waals surface area contributed by atoms with Crippen molar-refractivity contribution in [1.29, 1.82) is 0 Å². The van der Waals surface area contributed by atoms with Crippen LogP contribution >= 0.6 is 0 Å². The van der Waals surface area contributed by atoms with Crippen molar-refractivity contribution in [1.82, 2.24) is 9.99 Å². The lowest BCUT2D eigenvalue weighted by atomic mass is 10.2. The van der Waals surface area contributed by atoms with Gasteiger partial charge in [0.25, 0.3) is 15.9 Å². The van der Waals surface area contributed by atoms with E-state index in [9.17, 15) is 13.2 Å². The summed E-state index contributed by atoms with van der Waals surface area (Å²) in [4.78, 5) is 13.1. The zero-order valence-corrected chi connectivity index (χ0v) is 23.5. The van der Waals surface area contributed by atoms with Crippen LogP contribution in [0, 0.1) is 27.7 Å². The molecule has 3 aromatic carbocycles.